The van der Waals surface area contributed by atoms with Gasteiger partial charge in [-0.25, -0.2) is 19.4 Å². The summed E-state index contributed by atoms with van der Waals surface area (Å²) in [6, 6.07) is 59.3. The van der Waals surface area contributed by atoms with E-state index in [9.17, 15) is 26.3 Å². The molecule has 2 heterocycles. The Morgan fingerprint density at radius 3 is 1.15 bits per heavy atom. The highest BCUT2D eigenvalue weighted by atomic mass is 19.4. The minimum atomic E-state index is -4.87. The van der Waals surface area contributed by atoms with Gasteiger partial charge in [0.15, 0.2) is 22.7 Å². The molecule has 0 bridgehead atoms. The lowest BCUT2D eigenvalue weighted by Crippen LogP contribution is -2.10. The summed E-state index contributed by atoms with van der Waals surface area (Å²) in [6.07, 6.45) is -4.87. The van der Waals surface area contributed by atoms with Crippen molar-refractivity contribution in [3.8, 4) is 97.4 Å². The molecule has 0 aliphatic heterocycles. The second kappa shape index (κ2) is 20.6. The predicted molar refractivity (Wildman–Crippen MR) is 321 cm³/mol. The van der Waals surface area contributed by atoms with Gasteiger partial charge < -0.3 is 9.13 Å². The van der Waals surface area contributed by atoms with E-state index < -0.39 is 11.7 Å². The summed E-state index contributed by atoms with van der Waals surface area (Å²) in [4.78, 5) is 14.5. The van der Waals surface area contributed by atoms with Gasteiger partial charge in [0, 0.05) is 27.1 Å². The fourth-order valence-corrected chi connectivity index (χ4v) is 11.4. The van der Waals surface area contributed by atoms with Crippen molar-refractivity contribution < 1.29 is 13.2 Å². The zero-order valence-electron chi connectivity index (χ0n) is 44.3. The van der Waals surface area contributed by atoms with Crippen molar-refractivity contribution in [2.75, 3.05) is 0 Å². The zero-order chi connectivity index (χ0) is 59.4. The van der Waals surface area contributed by atoms with Gasteiger partial charge in [0.2, 0.25) is 0 Å². The van der Waals surface area contributed by atoms with Crippen molar-refractivity contribution >= 4 is 66.4 Å². The van der Waals surface area contributed by atoms with Crippen LogP contribution in [-0.4, -0.2) is 9.13 Å². The van der Waals surface area contributed by atoms with Crippen LogP contribution in [0.25, 0.3) is 130 Å². The van der Waals surface area contributed by atoms with Crippen LogP contribution < -0.4 is 0 Å². The number of hydrogen-bond acceptors (Lipinski definition) is 5. The molecule has 0 radical (unpaired) electrons. The quantitative estimate of drug-likeness (QED) is 0.146. The number of fused-ring (bicyclic) bond motifs is 6. The van der Waals surface area contributed by atoms with Gasteiger partial charge in [-0.15, -0.1) is 0 Å². The van der Waals surface area contributed by atoms with Gasteiger partial charge >= 0.3 is 6.18 Å². The highest BCUT2D eigenvalue weighted by Gasteiger charge is 2.35. The topological polar surface area (TPSA) is 146 Å². The molecule has 0 saturated carbocycles. The molecule has 2 aromatic heterocycles. The SMILES string of the molecule is [C-]#[N+]c1ccc(-c2ccc3c(c2)c2cc(-c4ccc([N+]#[C-])cc4[N+]#[C-])ccc2n3-c2cc(C#N)c(-n3c4ccc(-c5ccc(C#N)cc5C#N)cc4c4cc(-c5ccc(C#N)cc5C#N)ccc43)cc2-c2ccc(C)cc2C(F)(F)F)c([N+]#[C-])c1. The summed E-state index contributed by atoms with van der Waals surface area (Å²) in [7, 11) is 0. The zero-order valence-corrected chi connectivity index (χ0v) is 44.3. The van der Waals surface area contributed by atoms with Crippen LogP contribution in [0.1, 0.15) is 38.9 Å². The molecule has 0 atom stereocenters. The van der Waals surface area contributed by atoms with E-state index in [0.717, 1.165) is 6.07 Å². The van der Waals surface area contributed by atoms with Gasteiger partial charge in [0.25, 0.3) is 0 Å². The Morgan fingerprint density at radius 2 is 0.765 bits per heavy atom. The first-order valence-corrected chi connectivity index (χ1v) is 25.9. The van der Waals surface area contributed by atoms with E-state index in [-0.39, 0.29) is 73.1 Å². The number of aromatic nitrogens is 2. The lowest BCUT2D eigenvalue weighted by Gasteiger charge is -2.21. The normalized spacial score (nSPS) is 11.0. The van der Waals surface area contributed by atoms with Crippen molar-refractivity contribution in [1.82, 2.24) is 9.13 Å². The average Bonchev–Trinajstić information content (AvgIpc) is 1.72. The predicted octanol–water partition coefficient (Wildman–Crippen LogP) is 19.1. The number of halogens is 3. The molecule has 14 heteroatoms. The summed E-state index contributed by atoms with van der Waals surface area (Å²) in [5.74, 6) is 0. The summed E-state index contributed by atoms with van der Waals surface area (Å²) >= 11 is 0. The third kappa shape index (κ3) is 8.80. The molecule has 0 amide bonds. The molecular formula is C71H32F3N11. The molecule has 0 aliphatic carbocycles. The van der Waals surface area contributed by atoms with E-state index in [0.29, 0.717) is 93.7 Å². The number of aryl methyl sites for hydroxylation is 1. The maximum absolute atomic E-state index is 15.8. The van der Waals surface area contributed by atoms with Crippen molar-refractivity contribution in [3.05, 3.63) is 261 Å². The number of nitrogens with zero attached hydrogens (tertiary/aromatic N) is 11. The molecule has 0 saturated heterocycles. The summed E-state index contributed by atoms with van der Waals surface area (Å²) < 4.78 is 51.0. The molecule has 0 aliphatic rings. The Labute approximate surface area is 483 Å². The number of alkyl halides is 3. The van der Waals surface area contributed by atoms with Crippen LogP contribution in [0.4, 0.5) is 35.9 Å². The van der Waals surface area contributed by atoms with Crippen LogP contribution in [0, 0.1) is 89.9 Å². The molecule has 85 heavy (non-hydrogen) atoms. The number of benzene rings is 10. The highest BCUT2D eigenvalue weighted by Crippen LogP contribution is 2.48. The van der Waals surface area contributed by atoms with Crippen LogP contribution in [0.2, 0.25) is 0 Å². The van der Waals surface area contributed by atoms with E-state index in [1.54, 1.807) is 122 Å². The van der Waals surface area contributed by atoms with Crippen molar-refractivity contribution in [2.45, 2.75) is 13.1 Å². The van der Waals surface area contributed by atoms with Crippen molar-refractivity contribution in [2.24, 2.45) is 0 Å². The lowest BCUT2D eigenvalue weighted by molar-refractivity contribution is -0.137. The summed E-state index contributed by atoms with van der Waals surface area (Å²) in [5, 5.41) is 53.9. The summed E-state index contributed by atoms with van der Waals surface area (Å²) in [6.45, 7) is 32.9. The Bertz CT molecular complexity index is 5120. The number of rotatable bonds is 7. The molecule has 10 aromatic carbocycles. The average molecular weight is 1100 g/mol. The molecule has 0 spiro atoms. The van der Waals surface area contributed by atoms with Crippen LogP contribution in [0.3, 0.4) is 0 Å². The molecule has 0 N–H and O–H groups in total. The molecule has 12 aromatic rings. The second-order valence-corrected chi connectivity index (χ2v) is 20.0. The first-order valence-electron chi connectivity index (χ1n) is 25.9. The van der Waals surface area contributed by atoms with E-state index in [1.807, 2.05) is 33.4 Å². The monoisotopic (exact) mass is 1100 g/mol. The van der Waals surface area contributed by atoms with Crippen LogP contribution in [0.5, 0.6) is 0 Å². The van der Waals surface area contributed by atoms with Crippen molar-refractivity contribution in [1.29, 1.82) is 26.3 Å². The van der Waals surface area contributed by atoms with E-state index in [2.05, 4.69) is 49.7 Å². The maximum Gasteiger partial charge on any atom is 0.417 e. The Balaban J connectivity index is 1.19. The molecule has 392 valence electrons. The highest BCUT2D eigenvalue weighted by molar-refractivity contribution is 6.14. The number of nitriles is 5. The van der Waals surface area contributed by atoms with Gasteiger partial charge in [-0.2, -0.15) is 39.5 Å². The van der Waals surface area contributed by atoms with E-state index >= 15 is 13.2 Å². The van der Waals surface area contributed by atoms with E-state index in [1.165, 1.54) is 30.3 Å². The first kappa shape index (κ1) is 52.7. The third-order valence-electron chi connectivity index (χ3n) is 15.3. The fourth-order valence-electron chi connectivity index (χ4n) is 11.4. The smallest absolute Gasteiger partial charge is 0.309 e. The number of hydrogen-bond donors (Lipinski definition) is 0. The summed E-state index contributed by atoms with van der Waals surface area (Å²) in [5.41, 5.74) is 8.56. The maximum atomic E-state index is 15.8. The second-order valence-electron chi connectivity index (χ2n) is 20.0. The van der Waals surface area contributed by atoms with Gasteiger partial charge in [0.05, 0.1) is 117 Å². The van der Waals surface area contributed by atoms with Gasteiger partial charge in [0.1, 0.15) is 6.07 Å². The van der Waals surface area contributed by atoms with Gasteiger partial charge in [-0.3, -0.25) is 0 Å². The van der Waals surface area contributed by atoms with Crippen LogP contribution >= 0.6 is 0 Å². The van der Waals surface area contributed by atoms with Crippen LogP contribution in [-0.2, 0) is 6.18 Å². The minimum Gasteiger partial charge on any atom is -0.309 e. The Morgan fingerprint density at radius 1 is 0.365 bits per heavy atom. The van der Waals surface area contributed by atoms with E-state index in [4.69, 9.17) is 26.3 Å². The third-order valence-corrected chi connectivity index (χ3v) is 15.3. The lowest BCUT2D eigenvalue weighted by atomic mass is 9.93. The molecule has 12 rings (SSSR count). The minimum absolute atomic E-state index is 0.0653. The first-order chi connectivity index (χ1) is 41.2. The molecular weight excluding hydrogens is 1060 g/mol. The molecule has 0 unspecified atom stereocenters. The molecule has 0 fully saturated rings. The fraction of sp³-hybridized carbons (Fsp3) is 0.0282. The van der Waals surface area contributed by atoms with Gasteiger partial charge in [-0.05, 0) is 148 Å². The standard InChI is InChI=1S/C71H32F3N11/c1-40-6-15-56(62(24-40)71(72,73)74)61-34-69(84-65-20-9-43(52-16-7-41(35-75)25-47(52)37-77)27-57(65)58-28-44(10-21-66(58)84)53-17-8-42(36-76)26-48(53)38-78)49(39-79)31-70(61)85-67-22-11-45(54-18-13-50(80-2)32-63(54)82-4)29-59(67)60-30-46(12-23-68(60)85)55-19-14-51(81-3)33-64(55)83-5/h6-34H,1H3. The van der Waals surface area contributed by atoms with Crippen LogP contribution in [0.15, 0.2) is 176 Å². The van der Waals surface area contributed by atoms with Gasteiger partial charge in [-0.1, -0.05) is 90.5 Å². The Hall–Kier alpha value is -13.0. The van der Waals surface area contributed by atoms with Crippen molar-refractivity contribution in [3.63, 3.8) is 0 Å². The Kier molecular flexibility index (Phi) is 12.8. The molecule has 11 nitrogen and oxygen atoms in total. The largest absolute Gasteiger partial charge is 0.417 e.